The van der Waals surface area contributed by atoms with Crippen molar-refractivity contribution in [1.82, 2.24) is 25.3 Å². The molecule has 10 heteroatoms. The van der Waals surface area contributed by atoms with Crippen LogP contribution in [0.2, 0.25) is 0 Å². The van der Waals surface area contributed by atoms with Crippen LogP contribution in [0.1, 0.15) is 63.1 Å². The van der Waals surface area contributed by atoms with Crippen LogP contribution in [0.5, 0.6) is 0 Å². The number of carbonyl (C=O) groups excluding carboxylic acids is 3. The molecule has 1 aromatic heterocycles. The van der Waals surface area contributed by atoms with Crippen molar-refractivity contribution in [3.63, 3.8) is 0 Å². The summed E-state index contributed by atoms with van der Waals surface area (Å²) in [5, 5.41) is 6.76. The van der Waals surface area contributed by atoms with Gasteiger partial charge in [0.1, 0.15) is 5.54 Å². The Labute approximate surface area is 168 Å². The number of hydrogen-bond donors (Lipinski definition) is 1. The lowest BCUT2D eigenvalue weighted by molar-refractivity contribution is -0.132. The summed E-state index contributed by atoms with van der Waals surface area (Å²) in [7, 11) is 0. The maximum atomic E-state index is 12.6. The third kappa shape index (κ3) is 3.98. The van der Waals surface area contributed by atoms with Crippen LogP contribution in [0.25, 0.3) is 0 Å². The van der Waals surface area contributed by atoms with Crippen molar-refractivity contribution in [2.75, 3.05) is 32.8 Å². The predicted molar refractivity (Wildman–Crippen MR) is 100.0 cm³/mol. The number of urea groups is 1. The van der Waals surface area contributed by atoms with Crippen LogP contribution in [0.15, 0.2) is 4.52 Å². The highest BCUT2D eigenvalue weighted by molar-refractivity contribution is 6.06. The van der Waals surface area contributed by atoms with E-state index >= 15 is 0 Å². The summed E-state index contributed by atoms with van der Waals surface area (Å²) in [5.41, 5.74) is -0.918. The Morgan fingerprint density at radius 1 is 1.21 bits per heavy atom. The van der Waals surface area contributed by atoms with Crippen LogP contribution < -0.4 is 5.32 Å². The Morgan fingerprint density at radius 3 is 2.66 bits per heavy atom. The Kier molecular flexibility index (Phi) is 5.28. The summed E-state index contributed by atoms with van der Waals surface area (Å²) < 4.78 is 10.8. The minimum Gasteiger partial charge on any atom is -0.381 e. The minimum absolute atomic E-state index is 0.0238. The first-order valence-corrected chi connectivity index (χ1v) is 10.2. The molecule has 29 heavy (non-hydrogen) atoms. The number of rotatable bonds is 5. The van der Waals surface area contributed by atoms with Crippen molar-refractivity contribution in [2.24, 2.45) is 0 Å². The molecule has 1 atom stereocenters. The lowest BCUT2D eigenvalue weighted by Crippen LogP contribution is -2.41. The van der Waals surface area contributed by atoms with Gasteiger partial charge in [-0.25, -0.2) is 4.79 Å². The lowest BCUT2D eigenvalue weighted by Gasteiger charge is -2.19. The Hall–Kier alpha value is -2.49. The van der Waals surface area contributed by atoms with E-state index in [0.29, 0.717) is 19.0 Å². The molecule has 3 aliphatic rings. The average Bonchev–Trinajstić information content (AvgIpc) is 3.41. The van der Waals surface area contributed by atoms with E-state index in [9.17, 15) is 14.4 Å². The summed E-state index contributed by atoms with van der Waals surface area (Å²) in [6.45, 7) is 5.94. The molecule has 4 rings (SSSR count). The highest BCUT2D eigenvalue weighted by atomic mass is 16.5. The number of nitrogens with one attached hydrogen (secondary N) is 1. The average molecular weight is 405 g/mol. The van der Waals surface area contributed by atoms with E-state index < -0.39 is 11.6 Å². The highest BCUT2D eigenvalue weighted by Gasteiger charge is 2.44. The molecule has 1 N–H and O–H groups in total. The standard InChI is InChI=1S/C19H27N5O5/c1-19(2)17(26)24(18(27)21-19)8-4-14(25)23-7-3-13(11-23)16-20-15(22-29-16)12-5-9-28-10-6-12/h12-13H,3-11H2,1-2H3,(H,21,27). The first-order valence-electron chi connectivity index (χ1n) is 10.2. The molecular weight excluding hydrogens is 378 g/mol. The Morgan fingerprint density at radius 2 is 1.97 bits per heavy atom. The topological polar surface area (TPSA) is 118 Å². The second-order valence-electron chi connectivity index (χ2n) is 8.46. The van der Waals surface area contributed by atoms with Crippen molar-refractivity contribution in [2.45, 2.75) is 56.9 Å². The third-order valence-corrected chi connectivity index (χ3v) is 5.93. The fourth-order valence-corrected chi connectivity index (χ4v) is 4.11. The third-order valence-electron chi connectivity index (χ3n) is 5.93. The zero-order chi connectivity index (χ0) is 20.6. The Balaban J connectivity index is 1.29. The van der Waals surface area contributed by atoms with Crippen molar-refractivity contribution >= 4 is 17.8 Å². The molecule has 0 bridgehead atoms. The van der Waals surface area contributed by atoms with E-state index in [4.69, 9.17) is 9.26 Å². The number of nitrogens with zero attached hydrogens (tertiary/aromatic N) is 4. The fourth-order valence-electron chi connectivity index (χ4n) is 4.11. The number of carbonyl (C=O) groups is 3. The molecular formula is C19H27N5O5. The summed E-state index contributed by atoms with van der Waals surface area (Å²) >= 11 is 0. The van der Waals surface area contributed by atoms with Crippen molar-refractivity contribution < 1.29 is 23.6 Å². The van der Waals surface area contributed by atoms with Crippen molar-refractivity contribution in [1.29, 1.82) is 0 Å². The molecule has 158 valence electrons. The zero-order valence-electron chi connectivity index (χ0n) is 16.8. The second-order valence-corrected chi connectivity index (χ2v) is 8.46. The van der Waals surface area contributed by atoms with Gasteiger partial charge in [0.25, 0.3) is 5.91 Å². The van der Waals surface area contributed by atoms with Gasteiger partial charge in [-0.05, 0) is 33.1 Å². The van der Waals surface area contributed by atoms with Gasteiger partial charge >= 0.3 is 6.03 Å². The maximum absolute atomic E-state index is 12.6. The SMILES string of the molecule is CC1(C)NC(=O)N(CCC(=O)N2CCC(c3nc(C4CCOCC4)no3)C2)C1=O. The van der Waals surface area contributed by atoms with Gasteiger partial charge in [-0.2, -0.15) is 4.98 Å². The fraction of sp³-hybridized carbons (Fsp3) is 0.737. The van der Waals surface area contributed by atoms with Crippen molar-refractivity contribution in [3.05, 3.63) is 11.7 Å². The monoisotopic (exact) mass is 405 g/mol. The van der Waals surface area contributed by atoms with Gasteiger partial charge < -0.3 is 19.5 Å². The van der Waals surface area contributed by atoms with Gasteiger partial charge in [0.2, 0.25) is 11.8 Å². The van der Waals surface area contributed by atoms with E-state index in [0.717, 1.165) is 43.2 Å². The smallest absolute Gasteiger partial charge is 0.325 e. The predicted octanol–water partition coefficient (Wildman–Crippen LogP) is 1.00. The van der Waals surface area contributed by atoms with E-state index in [2.05, 4.69) is 15.5 Å². The molecule has 3 fully saturated rings. The molecule has 4 amide bonds. The van der Waals surface area contributed by atoms with Crippen LogP contribution in [0.4, 0.5) is 4.79 Å². The molecule has 4 heterocycles. The molecule has 0 spiro atoms. The molecule has 0 saturated carbocycles. The summed E-state index contributed by atoms with van der Waals surface area (Å²) in [5.74, 6) is 1.22. The van der Waals surface area contributed by atoms with Crippen LogP contribution in [-0.4, -0.2) is 76.2 Å². The van der Waals surface area contributed by atoms with Crippen LogP contribution in [-0.2, 0) is 14.3 Å². The van der Waals surface area contributed by atoms with Crippen LogP contribution >= 0.6 is 0 Å². The van der Waals surface area contributed by atoms with E-state index in [-0.39, 0.29) is 36.6 Å². The van der Waals surface area contributed by atoms with E-state index in [1.165, 1.54) is 0 Å². The van der Waals surface area contributed by atoms with Gasteiger partial charge in [-0.15, -0.1) is 0 Å². The zero-order valence-corrected chi connectivity index (χ0v) is 16.8. The normalized spacial score (nSPS) is 25.0. The minimum atomic E-state index is -0.918. The number of aromatic nitrogens is 2. The number of imide groups is 1. The van der Waals surface area contributed by atoms with Gasteiger partial charge in [-0.1, -0.05) is 5.16 Å². The van der Waals surface area contributed by atoms with Crippen LogP contribution in [0, 0.1) is 0 Å². The molecule has 1 unspecified atom stereocenters. The molecule has 3 aliphatic heterocycles. The number of ether oxygens (including phenoxy) is 1. The van der Waals surface area contributed by atoms with Gasteiger partial charge in [0.15, 0.2) is 5.82 Å². The number of amides is 4. The summed E-state index contributed by atoms with van der Waals surface area (Å²) in [6.07, 6.45) is 2.66. The number of likely N-dealkylation sites (tertiary alicyclic amines) is 1. The second kappa shape index (κ2) is 7.74. The molecule has 0 radical (unpaired) electrons. The molecule has 3 saturated heterocycles. The summed E-state index contributed by atoms with van der Waals surface area (Å²) in [4.78, 5) is 44.2. The number of hydrogen-bond acceptors (Lipinski definition) is 7. The van der Waals surface area contributed by atoms with E-state index in [1.54, 1.807) is 18.7 Å². The molecule has 1 aromatic rings. The van der Waals surface area contributed by atoms with E-state index in [1.807, 2.05) is 0 Å². The molecule has 0 aromatic carbocycles. The van der Waals surface area contributed by atoms with Gasteiger partial charge in [0, 0.05) is 45.2 Å². The molecule has 10 nitrogen and oxygen atoms in total. The molecule has 0 aliphatic carbocycles. The first kappa shape index (κ1) is 19.8. The van der Waals surface area contributed by atoms with Crippen molar-refractivity contribution in [3.8, 4) is 0 Å². The van der Waals surface area contributed by atoms with Gasteiger partial charge in [0.05, 0.1) is 5.92 Å². The quantitative estimate of drug-likeness (QED) is 0.726. The van der Waals surface area contributed by atoms with Crippen LogP contribution in [0.3, 0.4) is 0 Å². The largest absolute Gasteiger partial charge is 0.381 e. The van der Waals surface area contributed by atoms with Gasteiger partial charge in [-0.3, -0.25) is 14.5 Å². The lowest BCUT2D eigenvalue weighted by atomic mass is 10.00. The first-order chi connectivity index (χ1) is 13.8. The maximum Gasteiger partial charge on any atom is 0.325 e. The Bertz CT molecular complexity index is 801. The highest BCUT2D eigenvalue weighted by Crippen LogP contribution is 2.30. The summed E-state index contributed by atoms with van der Waals surface area (Å²) in [6, 6.07) is -0.446.